The van der Waals surface area contributed by atoms with E-state index < -0.39 is 5.76 Å². The first-order valence-corrected chi connectivity index (χ1v) is 8.34. The van der Waals surface area contributed by atoms with Crippen molar-refractivity contribution in [3.05, 3.63) is 34.8 Å². The lowest BCUT2D eigenvalue weighted by Crippen LogP contribution is -2.49. The van der Waals surface area contributed by atoms with Gasteiger partial charge < -0.3 is 14.5 Å². The van der Waals surface area contributed by atoms with Crippen LogP contribution in [0.25, 0.3) is 11.1 Å². The lowest BCUT2D eigenvalue weighted by molar-refractivity contribution is -0.121. The number of para-hydroxylation sites is 2. The third-order valence-corrected chi connectivity index (χ3v) is 3.69. The second-order valence-corrected chi connectivity index (χ2v) is 6.00. The summed E-state index contributed by atoms with van der Waals surface area (Å²) in [7, 11) is 1.60. The molecule has 9 heteroatoms. The van der Waals surface area contributed by atoms with Crippen LogP contribution in [0.1, 0.15) is 19.8 Å². The predicted octanol–water partition coefficient (Wildman–Crippen LogP) is 0.905. The highest BCUT2D eigenvalue weighted by atomic mass is 32.1. The molecule has 1 aromatic heterocycles. The van der Waals surface area contributed by atoms with Crippen LogP contribution >= 0.6 is 12.2 Å². The molecular formula is C16H22N4O4S. The molecule has 136 valence electrons. The SMILES string of the molecule is COC[C@H](C)NC(=S)NNC(=O)CCCn1c(=O)oc2ccccc21. The summed E-state index contributed by atoms with van der Waals surface area (Å²) in [5.41, 5.74) is 6.42. The van der Waals surface area contributed by atoms with E-state index in [9.17, 15) is 9.59 Å². The molecule has 0 unspecified atom stereocenters. The molecule has 0 bridgehead atoms. The molecule has 0 saturated heterocycles. The average Bonchev–Trinajstić information content (AvgIpc) is 2.89. The second-order valence-electron chi connectivity index (χ2n) is 5.59. The fourth-order valence-corrected chi connectivity index (χ4v) is 2.62. The van der Waals surface area contributed by atoms with Crippen LogP contribution < -0.4 is 21.9 Å². The fourth-order valence-electron chi connectivity index (χ4n) is 2.36. The second kappa shape index (κ2) is 9.19. The highest BCUT2D eigenvalue weighted by molar-refractivity contribution is 7.80. The highest BCUT2D eigenvalue weighted by Crippen LogP contribution is 2.12. The molecule has 1 atom stereocenters. The predicted molar refractivity (Wildman–Crippen MR) is 98.1 cm³/mol. The van der Waals surface area contributed by atoms with Gasteiger partial charge in [0.15, 0.2) is 10.7 Å². The number of amides is 1. The van der Waals surface area contributed by atoms with E-state index in [-0.39, 0.29) is 18.4 Å². The van der Waals surface area contributed by atoms with E-state index in [1.807, 2.05) is 19.1 Å². The van der Waals surface area contributed by atoms with Gasteiger partial charge in [-0.05, 0) is 37.7 Å². The summed E-state index contributed by atoms with van der Waals surface area (Å²) in [4.78, 5) is 23.7. The number of hydrazine groups is 1. The summed E-state index contributed by atoms with van der Waals surface area (Å²) in [5.74, 6) is -0.637. The number of aromatic nitrogens is 1. The minimum atomic E-state index is -0.419. The van der Waals surface area contributed by atoms with Gasteiger partial charge in [-0.3, -0.25) is 20.2 Å². The summed E-state index contributed by atoms with van der Waals surface area (Å²) in [6, 6.07) is 7.22. The maximum absolute atomic E-state index is 11.8. The monoisotopic (exact) mass is 366 g/mol. The summed E-state index contributed by atoms with van der Waals surface area (Å²) < 4.78 is 11.7. The first kappa shape index (κ1) is 18.9. The van der Waals surface area contributed by atoms with Crippen molar-refractivity contribution in [3.63, 3.8) is 0 Å². The zero-order chi connectivity index (χ0) is 18.2. The normalized spacial score (nSPS) is 11.9. The molecule has 8 nitrogen and oxygen atoms in total. The number of carbonyl (C=O) groups is 1. The van der Waals surface area contributed by atoms with E-state index in [2.05, 4.69) is 16.2 Å². The molecule has 3 N–H and O–H groups in total. The van der Waals surface area contributed by atoms with E-state index >= 15 is 0 Å². The molecule has 0 spiro atoms. The number of aryl methyl sites for hydroxylation is 1. The van der Waals surface area contributed by atoms with Gasteiger partial charge in [-0.25, -0.2) is 4.79 Å². The molecule has 1 aromatic carbocycles. The molecule has 25 heavy (non-hydrogen) atoms. The molecule has 0 aliphatic rings. The van der Waals surface area contributed by atoms with Crippen LogP contribution in [0.3, 0.4) is 0 Å². The van der Waals surface area contributed by atoms with Gasteiger partial charge in [0.25, 0.3) is 0 Å². The van der Waals surface area contributed by atoms with Gasteiger partial charge in [0.05, 0.1) is 12.1 Å². The fraction of sp³-hybridized carbons (Fsp3) is 0.438. The molecular weight excluding hydrogens is 344 g/mol. The van der Waals surface area contributed by atoms with Crippen LogP contribution in [-0.2, 0) is 16.1 Å². The van der Waals surface area contributed by atoms with Gasteiger partial charge in [0.1, 0.15) is 0 Å². The van der Waals surface area contributed by atoms with Gasteiger partial charge in [-0.15, -0.1) is 0 Å². The van der Waals surface area contributed by atoms with E-state index in [4.69, 9.17) is 21.4 Å². The van der Waals surface area contributed by atoms with Crippen molar-refractivity contribution in [2.45, 2.75) is 32.4 Å². The van der Waals surface area contributed by atoms with Crippen molar-refractivity contribution in [1.29, 1.82) is 0 Å². The molecule has 2 aromatic rings. The topological polar surface area (TPSA) is 97.5 Å². The van der Waals surface area contributed by atoms with Crippen molar-refractivity contribution in [3.8, 4) is 0 Å². The van der Waals surface area contributed by atoms with Crippen LogP contribution in [0.15, 0.2) is 33.5 Å². The Kier molecular flexibility index (Phi) is 6.96. The van der Waals surface area contributed by atoms with E-state index in [1.165, 1.54) is 4.57 Å². The average molecular weight is 366 g/mol. The Morgan fingerprint density at radius 2 is 2.12 bits per heavy atom. The number of hydrogen-bond acceptors (Lipinski definition) is 5. The Hall–Kier alpha value is -2.39. The molecule has 0 aliphatic carbocycles. The largest absolute Gasteiger partial charge is 0.419 e. The van der Waals surface area contributed by atoms with Crippen molar-refractivity contribution in [2.24, 2.45) is 0 Å². The minimum absolute atomic E-state index is 0.0307. The first-order chi connectivity index (χ1) is 12.0. The number of methoxy groups -OCH3 is 1. The molecule has 1 heterocycles. The molecule has 2 rings (SSSR count). The van der Waals surface area contributed by atoms with Crippen LogP contribution in [0.5, 0.6) is 0 Å². The number of benzene rings is 1. The summed E-state index contributed by atoms with van der Waals surface area (Å²) in [6.45, 7) is 2.81. The Morgan fingerprint density at radius 1 is 1.36 bits per heavy atom. The number of thiocarbonyl (C=S) groups is 1. The third kappa shape index (κ3) is 5.57. The number of nitrogens with one attached hydrogen (secondary N) is 3. The molecule has 1 amide bonds. The van der Waals surface area contributed by atoms with Crippen molar-refractivity contribution < 1.29 is 13.9 Å². The summed E-state index contributed by atoms with van der Waals surface area (Å²) in [5, 5.41) is 3.28. The number of rotatable bonds is 7. The van der Waals surface area contributed by atoms with Gasteiger partial charge >= 0.3 is 5.76 Å². The maximum Gasteiger partial charge on any atom is 0.419 e. The van der Waals surface area contributed by atoms with Crippen LogP contribution in [0.4, 0.5) is 0 Å². The third-order valence-electron chi connectivity index (χ3n) is 3.47. The van der Waals surface area contributed by atoms with Crippen molar-refractivity contribution in [1.82, 2.24) is 20.7 Å². The Labute approximate surface area is 150 Å². The van der Waals surface area contributed by atoms with Gasteiger partial charge in [-0.1, -0.05) is 12.1 Å². The number of fused-ring (bicyclic) bond motifs is 1. The quantitative estimate of drug-likeness (QED) is 0.495. The number of oxazole rings is 1. The molecule has 0 fully saturated rings. The van der Waals surface area contributed by atoms with Crippen molar-refractivity contribution in [2.75, 3.05) is 13.7 Å². The number of carbonyl (C=O) groups excluding carboxylic acids is 1. The Bertz CT molecular complexity index is 786. The number of hydrogen-bond donors (Lipinski definition) is 3. The lowest BCUT2D eigenvalue weighted by atomic mass is 10.3. The van der Waals surface area contributed by atoms with Gasteiger partial charge in [-0.2, -0.15) is 0 Å². The molecule has 0 saturated carbocycles. The van der Waals surface area contributed by atoms with Crippen LogP contribution in [0, 0.1) is 0 Å². The minimum Gasteiger partial charge on any atom is -0.408 e. The first-order valence-electron chi connectivity index (χ1n) is 7.94. The van der Waals surface area contributed by atoms with Crippen LogP contribution in [0.2, 0.25) is 0 Å². The molecule has 0 aliphatic heterocycles. The highest BCUT2D eigenvalue weighted by Gasteiger charge is 2.09. The number of ether oxygens (including phenoxy) is 1. The van der Waals surface area contributed by atoms with Gasteiger partial charge in [0, 0.05) is 26.1 Å². The maximum atomic E-state index is 11.8. The zero-order valence-corrected chi connectivity index (χ0v) is 15.0. The molecule has 0 radical (unpaired) electrons. The van der Waals surface area contributed by atoms with Crippen LogP contribution in [-0.4, -0.2) is 35.3 Å². The number of nitrogens with zero attached hydrogens (tertiary/aromatic N) is 1. The Morgan fingerprint density at radius 3 is 2.88 bits per heavy atom. The standard InChI is InChI=1S/C16H22N4O4S/c1-11(10-23-2)17-15(25)19-18-14(21)8-5-9-20-12-6-3-4-7-13(12)24-16(20)22/h3-4,6-7,11H,5,8-10H2,1-2H3,(H,18,21)(H2,17,19,25)/t11-/m0/s1. The summed E-state index contributed by atoms with van der Waals surface area (Å²) >= 11 is 5.06. The smallest absolute Gasteiger partial charge is 0.408 e. The van der Waals surface area contributed by atoms with Crippen molar-refractivity contribution >= 4 is 34.3 Å². The van der Waals surface area contributed by atoms with E-state index in [0.29, 0.717) is 30.3 Å². The van der Waals surface area contributed by atoms with E-state index in [1.54, 1.807) is 19.2 Å². The lowest BCUT2D eigenvalue weighted by Gasteiger charge is -2.16. The summed E-state index contributed by atoms with van der Waals surface area (Å²) in [6.07, 6.45) is 0.742. The van der Waals surface area contributed by atoms with E-state index in [0.717, 1.165) is 5.52 Å². The Balaban J connectivity index is 1.74. The van der Waals surface area contributed by atoms with Gasteiger partial charge in [0.2, 0.25) is 5.91 Å². The zero-order valence-electron chi connectivity index (χ0n) is 14.2.